The Bertz CT molecular complexity index is 853. The van der Waals surface area contributed by atoms with Gasteiger partial charge >= 0.3 is 0 Å². The molecule has 174 valence electrons. The minimum Gasteiger partial charge on any atom is -0.383 e. The number of halogens is 2. The SMILES string of the molecule is CCN(SCc1c(F)cccc1Cl)C(=O)CN(CCOC)C(=O)CSCc1ccccc1. The number of hydrogen-bond donors (Lipinski definition) is 0. The highest BCUT2D eigenvalue weighted by atomic mass is 35.5. The topological polar surface area (TPSA) is 49.9 Å². The van der Waals surface area contributed by atoms with Crippen LogP contribution in [-0.2, 0) is 25.8 Å². The highest BCUT2D eigenvalue weighted by molar-refractivity contribution is 7.99. The summed E-state index contributed by atoms with van der Waals surface area (Å²) in [5.41, 5.74) is 1.50. The van der Waals surface area contributed by atoms with Gasteiger partial charge in [-0.15, -0.1) is 11.8 Å². The summed E-state index contributed by atoms with van der Waals surface area (Å²) in [6.07, 6.45) is 0. The molecule has 5 nitrogen and oxygen atoms in total. The number of nitrogens with zero attached hydrogens (tertiary/aromatic N) is 2. The van der Waals surface area contributed by atoms with E-state index in [-0.39, 0.29) is 29.9 Å². The predicted molar refractivity (Wildman–Crippen MR) is 131 cm³/mol. The molecule has 9 heteroatoms. The zero-order valence-corrected chi connectivity index (χ0v) is 20.6. The van der Waals surface area contributed by atoms with Gasteiger partial charge in [-0.05, 0) is 36.6 Å². The van der Waals surface area contributed by atoms with Crippen molar-refractivity contribution in [3.63, 3.8) is 0 Å². The van der Waals surface area contributed by atoms with Crippen molar-refractivity contribution in [1.29, 1.82) is 0 Å². The lowest BCUT2D eigenvalue weighted by molar-refractivity contribution is -0.136. The van der Waals surface area contributed by atoms with Gasteiger partial charge in [0, 0.05) is 42.3 Å². The number of ether oxygens (including phenoxy) is 1. The molecule has 2 amide bonds. The van der Waals surface area contributed by atoms with Gasteiger partial charge in [0.1, 0.15) is 12.4 Å². The van der Waals surface area contributed by atoms with E-state index in [4.69, 9.17) is 16.3 Å². The van der Waals surface area contributed by atoms with E-state index >= 15 is 0 Å². The quantitative estimate of drug-likeness (QED) is 0.368. The molecule has 0 atom stereocenters. The van der Waals surface area contributed by atoms with E-state index in [9.17, 15) is 14.0 Å². The third-order valence-corrected chi connectivity index (χ3v) is 7.11. The van der Waals surface area contributed by atoms with E-state index in [0.29, 0.717) is 30.3 Å². The Hall–Kier alpha value is -1.74. The first-order chi connectivity index (χ1) is 15.5. The van der Waals surface area contributed by atoms with Gasteiger partial charge in [-0.2, -0.15) is 0 Å². The highest BCUT2D eigenvalue weighted by Crippen LogP contribution is 2.26. The van der Waals surface area contributed by atoms with Crippen LogP contribution in [-0.4, -0.2) is 60.1 Å². The Morgan fingerprint density at radius 2 is 1.81 bits per heavy atom. The number of thioether (sulfide) groups is 1. The van der Waals surface area contributed by atoms with Gasteiger partial charge in [0.15, 0.2) is 0 Å². The maximum absolute atomic E-state index is 14.0. The van der Waals surface area contributed by atoms with Crippen LogP contribution < -0.4 is 0 Å². The monoisotopic (exact) mass is 498 g/mol. The molecule has 0 radical (unpaired) electrons. The molecule has 32 heavy (non-hydrogen) atoms. The zero-order chi connectivity index (χ0) is 23.3. The summed E-state index contributed by atoms with van der Waals surface area (Å²) in [6, 6.07) is 14.4. The standard InChI is InChI=1S/C23H28ClFN2O3S2/c1-3-27(32-16-19-20(24)10-7-11-21(19)25)22(28)14-26(12-13-30-2)23(29)17-31-15-18-8-5-4-6-9-18/h4-11H,3,12-17H2,1-2H3. The molecule has 0 fully saturated rings. The second-order valence-corrected chi connectivity index (χ2v) is 9.23. The van der Waals surface area contributed by atoms with Crippen LogP contribution in [0.3, 0.4) is 0 Å². The lowest BCUT2D eigenvalue weighted by atomic mass is 10.2. The van der Waals surface area contributed by atoms with E-state index in [1.165, 1.54) is 39.0 Å². The molecule has 0 heterocycles. The van der Waals surface area contributed by atoms with Gasteiger partial charge in [-0.25, -0.2) is 4.39 Å². The van der Waals surface area contributed by atoms with Crippen molar-refractivity contribution in [3.8, 4) is 0 Å². The van der Waals surface area contributed by atoms with Crippen LogP contribution >= 0.6 is 35.3 Å². The Kier molecular flexibility index (Phi) is 11.9. The number of amides is 2. The highest BCUT2D eigenvalue weighted by Gasteiger charge is 2.21. The molecule has 0 aromatic heterocycles. The fraction of sp³-hybridized carbons (Fsp3) is 0.391. The van der Waals surface area contributed by atoms with Crippen LogP contribution in [0.2, 0.25) is 5.02 Å². The van der Waals surface area contributed by atoms with Crippen LogP contribution in [0.4, 0.5) is 4.39 Å². The first-order valence-corrected chi connectivity index (χ1v) is 12.7. The van der Waals surface area contributed by atoms with Crippen molar-refractivity contribution in [3.05, 3.63) is 70.5 Å². The van der Waals surface area contributed by atoms with Crippen molar-refractivity contribution in [1.82, 2.24) is 9.21 Å². The summed E-state index contributed by atoms with van der Waals surface area (Å²) in [4.78, 5) is 27.2. The molecule has 0 bridgehead atoms. The number of methoxy groups -OCH3 is 1. The number of carbonyl (C=O) groups is 2. The fourth-order valence-corrected chi connectivity index (χ4v) is 4.97. The molecule has 2 aromatic carbocycles. The largest absolute Gasteiger partial charge is 0.383 e. The zero-order valence-electron chi connectivity index (χ0n) is 18.3. The fourth-order valence-electron chi connectivity index (χ4n) is 2.81. The Morgan fingerprint density at radius 3 is 2.47 bits per heavy atom. The summed E-state index contributed by atoms with van der Waals surface area (Å²) in [5, 5.41) is 0.327. The lowest BCUT2D eigenvalue weighted by Gasteiger charge is -2.26. The van der Waals surface area contributed by atoms with Gasteiger partial charge in [-0.1, -0.05) is 48.0 Å². The molecule has 0 N–H and O–H groups in total. The molecule has 0 spiro atoms. The number of hydrogen-bond acceptors (Lipinski definition) is 5. The second-order valence-electron chi connectivity index (χ2n) is 6.85. The third-order valence-electron chi connectivity index (χ3n) is 4.57. The molecule has 2 rings (SSSR count). The first kappa shape index (κ1) is 26.5. The predicted octanol–water partition coefficient (Wildman–Crippen LogP) is 4.88. The van der Waals surface area contributed by atoms with Crippen LogP contribution in [0, 0.1) is 5.82 Å². The molecule has 2 aromatic rings. The molecular formula is C23H28ClFN2O3S2. The van der Waals surface area contributed by atoms with Crippen LogP contribution in [0.25, 0.3) is 0 Å². The number of benzene rings is 2. The van der Waals surface area contributed by atoms with E-state index in [1.54, 1.807) is 19.2 Å². The molecule has 0 saturated carbocycles. The molecule has 0 aliphatic rings. The minimum absolute atomic E-state index is 0.0556. The maximum Gasteiger partial charge on any atom is 0.252 e. The van der Waals surface area contributed by atoms with Crippen LogP contribution in [0.1, 0.15) is 18.1 Å². The average Bonchev–Trinajstić information content (AvgIpc) is 2.79. The maximum atomic E-state index is 14.0. The van der Waals surface area contributed by atoms with E-state index in [1.807, 2.05) is 37.3 Å². The molecular weight excluding hydrogens is 471 g/mol. The van der Waals surface area contributed by atoms with Crippen LogP contribution in [0.5, 0.6) is 0 Å². The van der Waals surface area contributed by atoms with E-state index in [2.05, 4.69) is 0 Å². The first-order valence-electron chi connectivity index (χ1n) is 10.2. The summed E-state index contributed by atoms with van der Waals surface area (Å²) in [5.74, 6) is 0.483. The van der Waals surface area contributed by atoms with Crippen molar-refractivity contribution in [2.45, 2.75) is 18.4 Å². The summed E-state index contributed by atoms with van der Waals surface area (Å²) < 4.78 is 20.7. The Labute approximate surface area is 202 Å². The smallest absolute Gasteiger partial charge is 0.252 e. The van der Waals surface area contributed by atoms with E-state index < -0.39 is 5.82 Å². The molecule has 0 saturated heterocycles. The van der Waals surface area contributed by atoms with Gasteiger partial charge in [0.25, 0.3) is 5.91 Å². The molecule has 0 aliphatic heterocycles. The number of rotatable bonds is 13. The van der Waals surface area contributed by atoms with Crippen molar-refractivity contribution in [2.24, 2.45) is 0 Å². The minimum atomic E-state index is -0.402. The lowest BCUT2D eigenvalue weighted by Crippen LogP contribution is -2.43. The summed E-state index contributed by atoms with van der Waals surface area (Å²) in [6.45, 7) is 2.87. The van der Waals surface area contributed by atoms with E-state index in [0.717, 1.165) is 11.3 Å². The Balaban J connectivity index is 1.92. The van der Waals surface area contributed by atoms with Crippen molar-refractivity contribution in [2.75, 3.05) is 39.1 Å². The van der Waals surface area contributed by atoms with Gasteiger partial charge in [0.2, 0.25) is 5.91 Å². The van der Waals surface area contributed by atoms with Gasteiger partial charge in [-0.3, -0.25) is 13.9 Å². The summed E-state index contributed by atoms with van der Waals surface area (Å²) >= 11 is 8.78. The van der Waals surface area contributed by atoms with Gasteiger partial charge in [0.05, 0.1) is 12.4 Å². The van der Waals surface area contributed by atoms with Crippen LogP contribution in [0.15, 0.2) is 48.5 Å². The second kappa shape index (κ2) is 14.4. The Morgan fingerprint density at radius 1 is 1.06 bits per heavy atom. The number of likely N-dealkylation sites (N-methyl/N-ethyl adjacent to an activating group) is 1. The van der Waals surface area contributed by atoms with Crippen molar-refractivity contribution >= 4 is 47.1 Å². The molecule has 0 unspecified atom stereocenters. The van der Waals surface area contributed by atoms with Crippen molar-refractivity contribution < 1.29 is 18.7 Å². The normalized spacial score (nSPS) is 10.8. The molecule has 0 aliphatic carbocycles. The average molecular weight is 499 g/mol. The van der Waals surface area contributed by atoms with Gasteiger partial charge < -0.3 is 9.64 Å². The number of carbonyl (C=O) groups excluding carboxylic acids is 2. The summed E-state index contributed by atoms with van der Waals surface area (Å²) in [7, 11) is 1.56. The third kappa shape index (κ3) is 8.65.